The number of rotatable bonds is 5. The number of hydrogen-bond donors (Lipinski definition) is 1. The van der Waals surface area contributed by atoms with Crippen molar-refractivity contribution in [2.24, 2.45) is 17.1 Å². The number of allylic oxidation sites excluding steroid dienone is 2. The second kappa shape index (κ2) is 8.49. The molecule has 0 spiro atoms. The highest BCUT2D eigenvalue weighted by molar-refractivity contribution is 5.60. The summed E-state index contributed by atoms with van der Waals surface area (Å²) in [6.45, 7) is 6.01. The standard InChI is InChI=1S/C23H25N5O2/c1-4-29-19-7-6-15(10-20(19)30-5-2)21-18-12-28(3)9-8-16(18)17(11-24)22(27)23(21,13-25)14-26/h6-8,10,18,21H,4-5,9,12,27H2,1-3H3. The van der Waals surface area contributed by atoms with Gasteiger partial charge in [-0.25, -0.2) is 0 Å². The van der Waals surface area contributed by atoms with Gasteiger partial charge in [0.2, 0.25) is 0 Å². The molecule has 0 bridgehead atoms. The van der Waals surface area contributed by atoms with Crippen molar-refractivity contribution >= 4 is 0 Å². The molecule has 2 aliphatic rings. The molecule has 1 aliphatic heterocycles. The molecular formula is C23H25N5O2. The number of likely N-dealkylation sites (N-methyl/N-ethyl adjacent to an activating group) is 1. The number of hydrogen-bond acceptors (Lipinski definition) is 7. The van der Waals surface area contributed by atoms with Crippen molar-refractivity contribution in [3.63, 3.8) is 0 Å². The lowest BCUT2D eigenvalue weighted by atomic mass is 9.58. The van der Waals surface area contributed by atoms with Gasteiger partial charge in [-0.15, -0.1) is 0 Å². The maximum absolute atomic E-state index is 10.1. The van der Waals surface area contributed by atoms with Gasteiger partial charge in [0, 0.05) is 24.9 Å². The number of nitrogens with two attached hydrogens (primary N) is 1. The second-order valence-electron chi connectivity index (χ2n) is 7.47. The van der Waals surface area contributed by atoms with E-state index in [-0.39, 0.29) is 17.2 Å². The Hall–Kier alpha value is -3.47. The highest BCUT2D eigenvalue weighted by Crippen LogP contribution is 2.54. The monoisotopic (exact) mass is 403 g/mol. The first-order valence-electron chi connectivity index (χ1n) is 9.98. The van der Waals surface area contributed by atoms with Gasteiger partial charge >= 0.3 is 0 Å². The normalized spacial score (nSPS) is 22.7. The Balaban J connectivity index is 2.27. The van der Waals surface area contributed by atoms with E-state index in [1.165, 1.54) is 0 Å². The molecule has 7 heteroatoms. The number of nitrogens with zero attached hydrogens (tertiary/aromatic N) is 4. The first-order valence-corrected chi connectivity index (χ1v) is 9.98. The average molecular weight is 403 g/mol. The molecule has 1 aromatic carbocycles. The number of benzene rings is 1. The summed E-state index contributed by atoms with van der Waals surface area (Å²) in [5, 5.41) is 30.0. The Morgan fingerprint density at radius 3 is 2.40 bits per heavy atom. The van der Waals surface area contributed by atoms with E-state index in [0.29, 0.717) is 37.8 Å². The number of ether oxygens (including phenoxy) is 2. The van der Waals surface area contributed by atoms with E-state index in [1.807, 2.05) is 39.1 Å². The van der Waals surface area contributed by atoms with E-state index in [0.717, 1.165) is 11.1 Å². The summed E-state index contributed by atoms with van der Waals surface area (Å²) in [6, 6.07) is 12.0. The van der Waals surface area contributed by atoms with Gasteiger partial charge in [-0.3, -0.25) is 0 Å². The van der Waals surface area contributed by atoms with Crippen LogP contribution in [0.5, 0.6) is 11.5 Å². The zero-order valence-electron chi connectivity index (χ0n) is 17.5. The number of nitriles is 3. The lowest BCUT2D eigenvalue weighted by Crippen LogP contribution is -2.47. The van der Waals surface area contributed by atoms with Crippen molar-refractivity contribution in [2.45, 2.75) is 19.8 Å². The SMILES string of the molecule is CCOc1ccc(C2C3CN(C)CC=C3C(C#N)=C(N)C2(C#N)C#N)cc1OCC. The van der Waals surface area contributed by atoms with Gasteiger partial charge in [0.05, 0.1) is 36.6 Å². The third-order valence-corrected chi connectivity index (χ3v) is 5.77. The topological polar surface area (TPSA) is 119 Å². The summed E-state index contributed by atoms with van der Waals surface area (Å²) in [6.07, 6.45) is 1.98. The van der Waals surface area contributed by atoms with E-state index < -0.39 is 11.3 Å². The van der Waals surface area contributed by atoms with Gasteiger partial charge in [-0.1, -0.05) is 12.1 Å². The maximum Gasteiger partial charge on any atom is 0.191 e. The minimum atomic E-state index is -1.65. The van der Waals surface area contributed by atoms with Crippen molar-refractivity contribution in [3.8, 4) is 29.7 Å². The number of fused-ring (bicyclic) bond motifs is 1. The van der Waals surface area contributed by atoms with Crippen LogP contribution in [0, 0.1) is 45.3 Å². The van der Waals surface area contributed by atoms with Crippen LogP contribution in [-0.2, 0) is 0 Å². The van der Waals surface area contributed by atoms with Gasteiger partial charge < -0.3 is 20.1 Å². The van der Waals surface area contributed by atoms with Gasteiger partial charge in [0.25, 0.3) is 0 Å². The van der Waals surface area contributed by atoms with Crippen LogP contribution in [0.3, 0.4) is 0 Å². The van der Waals surface area contributed by atoms with Crippen LogP contribution in [0.25, 0.3) is 0 Å². The average Bonchev–Trinajstić information content (AvgIpc) is 2.75. The van der Waals surface area contributed by atoms with Crippen LogP contribution < -0.4 is 15.2 Å². The molecule has 0 radical (unpaired) electrons. The second-order valence-corrected chi connectivity index (χ2v) is 7.47. The van der Waals surface area contributed by atoms with Gasteiger partial charge in [0.1, 0.15) is 6.07 Å². The highest BCUT2D eigenvalue weighted by Gasteiger charge is 2.54. The Morgan fingerprint density at radius 2 is 1.80 bits per heavy atom. The highest BCUT2D eigenvalue weighted by atomic mass is 16.5. The fourth-order valence-electron chi connectivity index (χ4n) is 4.46. The van der Waals surface area contributed by atoms with E-state index >= 15 is 0 Å². The minimum absolute atomic E-state index is 0.0268. The van der Waals surface area contributed by atoms with Crippen molar-refractivity contribution < 1.29 is 9.47 Å². The summed E-state index contributed by atoms with van der Waals surface area (Å²) in [5.41, 5.74) is 6.54. The molecule has 154 valence electrons. The predicted molar refractivity (Wildman–Crippen MR) is 111 cm³/mol. The molecule has 1 heterocycles. The third-order valence-electron chi connectivity index (χ3n) is 5.77. The molecule has 0 aromatic heterocycles. The molecule has 1 aromatic rings. The van der Waals surface area contributed by atoms with Crippen LogP contribution in [0.15, 0.2) is 41.1 Å². The molecule has 2 N–H and O–H groups in total. The lowest BCUT2D eigenvalue weighted by Gasteiger charge is -2.45. The van der Waals surface area contributed by atoms with Crippen LogP contribution in [0.4, 0.5) is 0 Å². The Labute approximate surface area is 177 Å². The third kappa shape index (κ3) is 3.26. The van der Waals surface area contributed by atoms with Crippen molar-refractivity contribution in [3.05, 3.63) is 46.7 Å². The smallest absolute Gasteiger partial charge is 0.191 e. The van der Waals surface area contributed by atoms with Gasteiger partial charge in [-0.2, -0.15) is 15.8 Å². The molecule has 2 atom stereocenters. The molecule has 0 fully saturated rings. The molecular weight excluding hydrogens is 378 g/mol. The van der Waals surface area contributed by atoms with E-state index in [9.17, 15) is 15.8 Å². The van der Waals surface area contributed by atoms with Crippen LogP contribution >= 0.6 is 0 Å². The first-order chi connectivity index (χ1) is 14.5. The molecule has 0 saturated heterocycles. The van der Waals surface area contributed by atoms with E-state index in [4.69, 9.17) is 15.2 Å². The Kier molecular flexibility index (Phi) is 6.01. The molecule has 2 unspecified atom stereocenters. The van der Waals surface area contributed by atoms with Crippen molar-refractivity contribution in [1.29, 1.82) is 15.8 Å². The Bertz CT molecular complexity index is 1010. The summed E-state index contributed by atoms with van der Waals surface area (Å²) >= 11 is 0. The zero-order valence-corrected chi connectivity index (χ0v) is 17.5. The molecule has 1 aliphatic carbocycles. The fourth-order valence-corrected chi connectivity index (χ4v) is 4.46. The minimum Gasteiger partial charge on any atom is -0.490 e. The summed E-state index contributed by atoms with van der Waals surface area (Å²) in [5.74, 6) is 0.395. The molecule has 3 rings (SSSR count). The van der Waals surface area contributed by atoms with Crippen molar-refractivity contribution in [2.75, 3.05) is 33.4 Å². The maximum atomic E-state index is 10.1. The van der Waals surface area contributed by atoms with Gasteiger partial charge in [-0.05, 0) is 44.2 Å². The summed E-state index contributed by atoms with van der Waals surface area (Å²) in [7, 11) is 1.97. The van der Waals surface area contributed by atoms with Gasteiger partial charge in [0.15, 0.2) is 16.9 Å². The summed E-state index contributed by atoms with van der Waals surface area (Å²) < 4.78 is 11.4. The fraction of sp³-hybridized carbons (Fsp3) is 0.435. The predicted octanol–water partition coefficient (Wildman–Crippen LogP) is 2.84. The summed E-state index contributed by atoms with van der Waals surface area (Å²) in [4.78, 5) is 2.11. The zero-order chi connectivity index (χ0) is 21.9. The molecule has 30 heavy (non-hydrogen) atoms. The van der Waals surface area contributed by atoms with E-state index in [2.05, 4.69) is 23.1 Å². The van der Waals surface area contributed by atoms with Crippen LogP contribution in [0.2, 0.25) is 0 Å². The van der Waals surface area contributed by atoms with Crippen LogP contribution in [0.1, 0.15) is 25.3 Å². The lowest BCUT2D eigenvalue weighted by molar-refractivity contribution is 0.236. The first kappa shape index (κ1) is 21.2. The van der Waals surface area contributed by atoms with E-state index in [1.54, 1.807) is 6.07 Å². The quantitative estimate of drug-likeness (QED) is 0.803. The molecule has 7 nitrogen and oxygen atoms in total. The van der Waals surface area contributed by atoms with Crippen molar-refractivity contribution in [1.82, 2.24) is 4.90 Å². The Morgan fingerprint density at radius 1 is 1.13 bits per heavy atom. The van der Waals surface area contributed by atoms with Crippen LogP contribution in [-0.4, -0.2) is 38.3 Å². The largest absolute Gasteiger partial charge is 0.490 e. The molecule has 0 amide bonds. The molecule has 0 saturated carbocycles.